The molecule has 0 N–H and O–H groups in total. The number of rotatable bonds is 3. The lowest BCUT2D eigenvalue weighted by molar-refractivity contribution is 0.402. The van der Waals surface area contributed by atoms with Gasteiger partial charge < -0.3 is 9.64 Å². The first-order valence-electron chi connectivity index (χ1n) is 6.22. The van der Waals surface area contributed by atoms with Crippen LogP contribution in [0, 0.1) is 0 Å². The number of fused-ring (bicyclic) bond motifs is 1. The van der Waals surface area contributed by atoms with Crippen molar-refractivity contribution in [3.63, 3.8) is 0 Å². The van der Waals surface area contributed by atoms with Gasteiger partial charge in [-0.05, 0) is 17.6 Å². The highest BCUT2D eigenvalue weighted by atomic mass is 32.2. The van der Waals surface area contributed by atoms with Crippen LogP contribution in [-0.4, -0.2) is 45.0 Å². The molecule has 2 aromatic rings. The topological polar surface area (TPSA) is 75.6 Å². The largest absolute Gasteiger partial charge is 0.480 e. The van der Waals surface area contributed by atoms with E-state index in [0.717, 1.165) is 17.2 Å². The van der Waals surface area contributed by atoms with Crippen molar-refractivity contribution < 1.29 is 13.2 Å². The number of hydrogen-bond acceptors (Lipinski definition) is 7. The van der Waals surface area contributed by atoms with E-state index in [1.807, 2.05) is 18.0 Å². The summed E-state index contributed by atoms with van der Waals surface area (Å²) in [5.74, 6) is 0.305. The van der Waals surface area contributed by atoms with E-state index in [0.29, 0.717) is 24.7 Å². The molecule has 0 saturated carbocycles. The molecule has 0 bridgehead atoms. The highest BCUT2D eigenvalue weighted by Crippen LogP contribution is 2.36. The summed E-state index contributed by atoms with van der Waals surface area (Å²) in [7, 11) is -0.257. The average Bonchev–Trinajstić information content (AvgIpc) is 2.97. The maximum Gasteiger partial charge on any atom is 0.275 e. The first-order chi connectivity index (χ1) is 10.0. The molecular weight excluding hydrogens is 312 g/mol. The fourth-order valence-corrected chi connectivity index (χ4v) is 4.60. The van der Waals surface area contributed by atoms with E-state index in [1.165, 1.54) is 17.5 Å². The predicted octanol–water partition coefficient (Wildman–Crippen LogP) is 1.19. The molecule has 0 saturated heterocycles. The van der Waals surface area contributed by atoms with Crippen LogP contribution in [0.5, 0.6) is 5.88 Å². The Morgan fingerprint density at radius 1 is 1.33 bits per heavy atom. The van der Waals surface area contributed by atoms with Gasteiger partial charge >= 0.3 is 0 Å². The van der Waals surface area contributed by atoms with Crippen LogP contribution in [0.15, 0.2) is 28.7 Å². The Hall–Kier alpha value is -1.87. The third-order valence-corrected chi connectivity index (χ3v) is 6.33. The van der Waals surface area contributed by atoms with E-state index in [4.69, 9.17) is 4.74 Å². The van der Waals surface area contributed by atoms with E-state index in [9.17, 15) is 8.42 Å². The molecule has 3 heterocycles. The SMILES string of the molecule is COc1cc(S(=O)(=O)N2CCN(C)c3ccncc32)sn1. The molecule has 0 fully saturated rings. The number of pyridine rings is 1. The Morgan fingerprint density at radius 3 is 2.86 bits per heavy atom. The molecule has 1 aliphatic heterocycles. The van der Waals surface area contributed by atoms with Gasteiger partial charge in [-0.2, -0.15) is 4.37 Å². The quantitative estimate of drug-likeness (QED) is 0.843. The summed E-state index contributed by atoms with van der Waals surface area (Å²) in [6.45, 7) is 0.990. The van der Waals surface area contributed by atoms with Gasteiger partial charge in [0.25, 0.3) is 10.0 Å². The molecule has 0 aromatic carbocycles. The van der Waals surface area contributed by atoms with E-state index < -0.39 is 10.0 Å². The fourth-order valence-electron chi connectivity index (χ4n) is 2.19. The number of ether oxygens (including phenoxy) is 1. The highest BCUT2D eigenvalue weighted by Gasteiger charge is 2.32. The molecular formula is C12H14N4O3S2. The van der Waals surface area contributed by atoms with Gasteiger partial charge in [0.2, 0.25) is 5.88 Å². The zero-order valence-electron chi connectivity index (χ0n) is 11.6. The Bertz CT molecular complexity index is 759. The van der Waals surface area contributed by atoms with Crippen LogP contribution in [0.3, 0.4) is 0 Å². The highest BCUT2D eigenvalue weighted by molar-refractivity contribution is 7.94. The second-order valence-corrected chi connectivity index (χ2v) is 7.45. The minimum Gasteiger partial charge on any atom is -0.480 e. The summed E-state index contributed by atoms with van der Waals surface area (Å²) in [6.07, 6.45) is 3.22. The summed E-state index contributed by atoms with van der Waals surface area (Å²) in [5.41, 5.74) is 1.43. The summed E-state index contributed by atoms with van der Waals surface area (Å²) in [6, 6.07) is 3.25. The summed E-state index contributed by atoms with van der Waals surface area (Å²) >= 11 is 0.912. The Morgan fingerprint density at radius 2 is 2.14 bits per heavy atom. The molecule has 112 valence electrons. The first kappa shape index (κ1) is 14.1. The van der Waals surface area contributed by atoms with Gasteiger partial charge in [-0.15, -0.1) is 0 Å². The zero-order valence-corrected chi connectivity index (χ0v) is 13.2. The van der Waals surface area contributed by atoms with Crippen LogP contribution < -0.4 is 13.9 Å². The van der Waals surface area contributed by atoms with Crippen molar-refractivity contribution in [1.29, 1.82) is 0 Å². The van der Waals surface area contributed by atoms with Crippen molar-refractivity contribution in [2.75, 3.05) is 36.5 Å². The fraction of sp³-hybridized carbons (Fsp3) is 0.333. The second-order valence-electron chi connectivity index (χ2n) is 4.55. The molecule has 21 heavy (non-hydrogen) atoms. The predicted molar refractivity (Wildman–Crippen MR) is 80.7 cm³/mol. The van der Waals surface area contributed by atoms with Crippen molar-refractivity contribution in [3.8, 4) is 5.88 Å². The molecule has 1 aliphatic rings. The Balaban J connectivity index is 2.06. The Kier molecular flexibility index (Phi) is 3.46. The van der Waals surface area contributed by atoms with Crippen LogP contribution in [0.25, 0.3) is 0 Å². The summed E-state index contributed by atoms with van der Waals surface area (Å²) in [5, 5.41) is 0. The van der Waals surface area contributed by atoms with Crippen LogP contribution in [0.2, 0.25) is 0 Å². The number of methoxy groups -OCH3 is 1. The molecule has 0 atom stereocenters. The van der Waals surface area contributed by atoms with Crippen LogP contribution >= 0.6 is 11.5 Å². The van der Waals surface area contributed by atoms with Gasteiger partial charge in [0.1, 0.15) is 0 Å². The molecule has 0 radical (unpaired) electrons. The van der Waals surface area contributed by atoms with Gasteiger partial charge in [0.05, 0.1) is 31.2 Å². The minimum absolute atomic E-state index is 0.165. The van der Waals surface area contributed by atoms with E-state index in [1.54, 1.807) is 12.4 Å². The number of likely N-dealkylation sites (N-methyl/N-ethyl adjacent to an activating group) is 1. The number of anilines is 2. The normalized spacial score (nSPS) is 15.0. The third kappa shape index (κ3) is 2.32. The molecule has 2 aromatic heterocycles. The monoisotopic (exact) mass is 326 g/mol. The van der Waals surface area contributed by atoms with Crippen molar-refractivity contribution in [3.05, 3.63) is 24.5 Å². The van der Waals surface area contributed by atoms with Gasteiger partial charge in [-0.1, -0.05) is 0 Å². The maximum atomic E-state index is 12.8. The number of hydrogen-bond donors (Lipinski definition) is 0. The molecule has 0 spiro atoms. The van der Waals surface area contributed by atoms with Crippen LogP contribution in [-0.2, 0) is 10.0 Å². The molecule has 0 amide bonds. The van der Waals surface area contributed by atoms with Crippen LogP contribution in [0.4, 0.5) is 11.4 Å². The lowest BCUT2D eigenvalue weighted by Crippen LogP contribution is -2.42. The van der Waals surface area contributed by atoms with Gasteiger partial charge in [0.15, 0.2) is 4.21 Å². The van der Waals surface area contributed by atoms with Crippen LogP contribution in [0.1, 0.15) is 0 Å². The standard InChI is InChI=1S/C12H14N4O3S2/c1-15-5-6-16(10-8-13-4-3-9(10)15)21(17,18)12-7-11(19-2)14-20-12/h3-4,7-8H,5-6H2,1-2H3. The summed E-state index contributed by atoms with van der Waals surface area (Å²) in [4.78, 5) is 6.05. The molecule has 3 rings (SSSR count). The molecule has 9 heteroatoms. The van der Waals surface area contributed by atoms with E-state index in [-0.39, 0.29) is 4.21 Å². The smallest absolute Gasteiger partial charge is 0.275 e. The first-order valence-corrected chi connectivity index (χ1v) is 8.44. The molecule has 0 unspecified atom stereocenters. The summed E-state index contributed by atoms with van der Waals surface area (Å²) < 4.78 is 36.0. The number of nitrogens with zero attached hydrogens (tertiary/aromatic N) is 4. The van der Waals surface area contributed by atoms with Crippen molar-refractivity contribution in [1.82, 2.24) is 9.36 Å². The zero-order chi connectivity index (χ0) is 15.0. The van der Waals surface area contributed by atoms with Gasteiger partial charge in [0, 0.05) is 25.9 Å². The van der Waals surface area contributed by atoms with Crippen molar-refractivity contribution in [2.24, 2.45) is 0 Å². The number of aromatic nitrogens is 2. The maximum absolute atomic E-state index is 12.8. The lowest BCUT2D eigenvalue weighted by Gasteiger charge is -2.35. The van der Waals surface area contributed by atoms with Gasteiger partial charge in [-0.3, -0.25) is 9.29 Å². The van der Waals surface area contributed by atoms with E-state index in [2.05, 4.69) is 9.36 Å². The van der Waals surface area contributed by atoms with Crippen molar-refractivity contribution >= 4 is 32.9 Å². The van der Waals surface area contributed by atoms with Crippen molar-refractivity contribution in [2.45, 2.75) is 4.21 Å². The molecule has 0 aliphatic carbocycles. The number of sulfonamides is 1. The Labute approximate surface area is 127 Å². The third-order valence-electron chi connectivity index (χ3n) is 3.32. The lowest BCUT2D eigenvalue weighted by atomic mass is 10.2. The van der Waals surface area contributed by atoms with E-state index >= 15 is 0 Å². The second kappa shape index (κ2) is 5.15. The average molecular weight is 326 g/mol. The van der Waals surface area contributed by atoms with Gasteiger partial charge in [-0.25, -0.2) is 8.42 Å². The minimum atomic E-state index is -3.65. The molecule has 7 nitrogen and oxygen atoms in total.